The maximum Gasteiger partial charge on any atom is 0.255 e. The zero-order valence-corrected chi connectivity index (χ0v) is 14.4. The molecule has 5 heteroatoms. The van der Waals surface area contributed by atoms with Gasteiger partial charge in [0.25, 0.3) is 5.91 Å². The molecular formula is C19H25N3O2. The van der Waals surface area contributed by atoms with Crippen LogP contribution in [0.3, 0.4) is 0 Å². The number of likely N-dealkylation sites (tertiary alicyclic amines) is 1. The van der Waals surface area contributed by atoms with Crippen LogP contribution in [0.5, 0.6) is 0 Å². The third-order valence-electron chi connectivity index (χ3n) is 4.39. The van der Waals surface area contributed by atoms with Gasteiger partial charge in [0.05, 0.1) is 18.4 Å². The molecule has 2 aromatic rings. The minimum absolute atomic E-state index is 0.110. The zero-order chi connectivity index (χ0) is 16.9. The maximum absolute atomic E-state index is 12.9. The minimum Gasteiger partial charge on any atom is -0.467 e. The van der Waals surface area contributed by atoms with Crippen LogP contribution in [-0.4, -0.2) is 49.4 Å². The van der Waals surface area contributed by atoms with E-state index >= 15 is 0 Å². The number of carbonyl (C=O) groups excluding carboxylic acids is 1. The second-order valence-corrected chi connectivity index (χ2v) is 6.65. The van der Waals surface area contributed by atoms with Crippen molar-refractivity contribution in [3.8, 4) is 0 Å². The number of hydrogen-bond donors (Lipinski definition) is 1. The Bertz CT molecular complexity index is 667. The van der Waals surface area contributed by atoms with Crippen molar-refractivity contribution in [2.24, 2.45) is 5.92 Å². The Kier molecular flexibility index (Phi) is 5.20. The van der Waals surface area contributed by atoms with Gasteiger partial charge in [0, 0.05) is 25.3 Å². The van der Waals surface area contributed by atoms with Gasteiger partial charge in [0.15, 0.2) is 0 Å². The predicted molar refractivity (Wildman–Crippen MR) is 95.0 cm³/mol. The molecule has 1 aliphatic heterocycles. The first-order valence-corrected chi connectivity index (χ1v) is 8.43. The van der Waals surface area contributed by atoms with Gasteiger partial charge in [-0.05, 0) is 50.7 Å². The van der Waals surface area contributed by atoms with Crippen LogP contribution in [0.1, 0.15) is 22.5 Å². The smallest absolute Gasteiger partial charge is 0.255 e. The van der Waals surface area contributed by atoms with E-state index in [0.29, 0.717) is 12.5 Å². The van der Waals surface area contributed by atoms with Crippen molar-refractivity contribution in [1.29, 1.82) is 0 Å². The summed E-state index contributed by atoms with van der Waals surface area (Å²) in [5, 5.41) is 3.31. The SMILES string of the molecule is CN(C)C[C@H]1CCN(C(=O)c2ccccc2NCc2ccco2)C1. The van der Waals surface area contributed by atoms with E-state index in [2.05, 4.69) is 24.3 Å². The first kappa shape index (κ1) is 16.6. The number of para-hydroxylation sites is 1. The van der Waals surface area contributed by atoms with E-state index in [1.165, 1.54) is 0 Å². The number of hydrogen-bond acceptors (Lipinski definition) is 4. The van der Waals surface area contributed by atoms with Crippen molar-refractivity contribution < 1.29 is 9.21 Å². The van der Waals surface area contributed by atoms with E-state index < -0.39 is 0 Å². The van der Waals surface area contributed by atoms with Gasteiger partial charge in [0.1, 0.15) is 5.76 Å². The van der Waals surface area contributed by atoms with Crippen LogP contribution in [0.4, 0.5) is 5.69 Å². The molecule has 1 aromatic heterocycles. The number of rotatable bonds is 6. The molecule has 128 valence electrons. The number of carbonyl (C=O) groups is 1. The average molecular weight is 327 g/mol. The van der Waals surface area contributed by atoms with E-state index in [4.69, 9.17) is 4.42 Å². The highest BCUT2D eigenvalue weighted by atomic mass is 16.3. The van der Waals surface area contributed by atoms with Crippen molar-refractivity contribution in [3.63, 3.8) is 0 Å². The van der Waals surface area contributed by atoms with E-state index in [1.807, 2.05) is 41.3 Å². The Morgan fingerprint density at radius 3 is 2.88 bits per heavy atom. The first-order chi connectivity index (χ1) is 11.6. The van der Waals surface area contributed by atoms with E-state index in [1.54, 1.807) is 6.26 Å². The Balaban J connectivity index is 1.66. The average Bonchev–Trinajstić information content (AvgIpc) is 3.23. The lowest BCUT2D eigenvalue weighted by Crippen LogP contribution is -2.31. The van der Waals surface area contributed by atoms with Crippen LogP contribution >= 0.6 is 0 Å². The van der Waals surface area contributed by atoms with Crippen molar-refractivity contribution in [2.75, 3.05) is 39.0 Å². The molecule has 5 nitrogen and oxygen atoms in total. The van der Waals surface area contributed by atoms with Gasteiger partial charge in [-0.25, -0.2) is 0 Å². The summed E-state index contributed by atoms with van der Waals surface area (Å²) in [5.74, 6) is 1.52. The highest BCUT2D eigenvalue weighted by molar-refractivity contribution is 5.99. The molecule has 0 saturated carbocycles. The Labute approximate surface area is 143 Å². The summed E-state index contributed by atoms with van der Waals surface area (Å²) < 4.78 is 5.34. The molecule has 1 N–H and O–H groups in total. The molecule has 2 heterocycles. The maximum atomic E-state index is 12.9. The Morgan fingerprint density at radius 2 is 2.12 bits per heavy atom. The van der Waals surface area contributed by atoms with Gasteiger partial charge in [-0.15, -0.1) is 0 Å². The molecular weight excluding hydrogens is 302 g/mol. The summed E-state index contributed by atoms with van der Waals surface area (Å²) in [6.45, 7) is 3.27. The molecule has 3 rings (SSSR count). The highest BCUT2D eigenvalue weighted by Gasteiger charge is 2.28. The number of amides is 1. The summed E-state index contributed by atoms with van der Waals surface area (Å²) in [5.41, 5.74) is 1.59. The molecule has 1 aromatic carbocycles. The van der Waals surface area contributed by atoms with Gasteiger partial charge >= 0.3 is 0 Å². The van der Waals surface area contributed by atoms with Gasteiger partial charge < -0.3 is 19.5 Å². The van der Waals surface area contributed by atoms with E-state index in [-0.39, 0.29) is 5.91 Å². The lowest BCUT2D eigenvalue weighted by Gasteiger charge is -2.20. The molecule has 0 bridgehead atoms. The van der Waals surface area contributed by atoms with Gasteiger partial charge in [0.2, 0.25) is 0 Å². The molecule has 24 heavy (non-hydrogen) atoms. The zero-order valence-electron chi connectivity index (χ0n) is 14.4. The number of nitrogens with one attached hydrogen (secondary N) is 1. The summed E-state index contributed by atoms with van der Waals surface area (Å²) in [6, 6.07) is 11.5. The largest absolute Gasteiger partial charge is 0.467 e. The van der Waals surface area contributed by atoms with Crippen LogP contribution in [0, 0.1) is 5.92 Å². The molecule has 1 amide bonds. The van der Waals surface area contributed by atoms with Crippen LogP contribution < -0.4 is 5.32 Å². The summed E-state index contributed by atoms with van der Waals surface area (Å²) in [7, 11) is 4.16. The monoisotopic (exact) mass is 327 g/mol. The number of nitrogens with zero attached hydrogens (tertiary/aromatic N) is 2. The second-order valence-electron chi connectivity index (χ2n) is 6.65. The standard InChI is InChI=1S/C19H25N3O2/c1-21(2)13-15-9-10-22(14-15)19(23)17-7-3-4-8-18(17)20-12-16-6-5-11-24-16/h3-8,11,15,20H,9-10,12-14H2,1-2H3/t15-/m1/s1. The fraction of sp³-hybridized carbons (Fsp3) is 0.421. The van der Waals surface area contributed by atoms with Crippen molar-refractivity contribution in [1.82, 2.24) is 9.80 Å². The van der Waals surface area contributed by atoms with Crippen molar-refractivity contribution in [3.05, 3.63) is 54.0 Å². The molecule has 0 radical (unpaired) electrons. The minimum atomic E-state index is 0.110. The van der Waals surface area contributed by atoms with Gasteiger partial charge in [-0.2, -0.15) is 0 Å². The topological polar surface area (TPSA) is 48.7 Å². The second kappa shape index (κ2) is 7.53. The fourth-order valence-electron chi connectivity index (χ4n) is 3.27. The first-order valence-electron chi connectivity index (χ1n) is 8.43. The number of furan rings is 1. The van der Waals surface area contributed by atoms with Gasteiger partial charge in [-0.1, -0.05) is 12.1 Å². The number of benzene rings is 1. The number of anilines is 1. The molecule has 0 unspecified atom stereocenters. The van der Waals surface area contributed by atoms with E-state index in [9.17, 15) is 4.79 Å². The fourth-order valence-corrected chi connectivity index (χ4v) is 3.27. The van der Waals surface area contributed by atoms with Gasteiger partial charge in [-0.3, -0.25) is 4.79 Å². The lowest BCUT2D eigenvalue weighted by molar-refractivity contribution is 0.0786. The Morgan fingerprint density at radius 1 is 1.29 bits per heavy atom. The molecule has 1 fully saturated rings. The van der Waals surface area contributed by atoms with Crippen LogP contribution in [0.2, 0.25) is 0 Å². The lowest BCUT2D eigenvalue weighted by atomic mass is 10.1. The molecule has 0 spiro atoms. The summed E-state index contributed by atoms with van der Waals surface area (Å²) in [4.78, 5) is 17.1. The van der Waals surface area contributed by atoms with Crippen molar-refractivity contribution >= 4 is 11.6 Å². The Hall–Kier alpha value is -2.27. The van der Waals surface area contributed by atoms with Crippen LogP contribution in [-0.2, 0) is 6.54 Å². The predicted octanol–water partition coefficient (Wildman–Crippen LogP) is 2.92. The third-order valence-corrected chi connectivity index (χ3v) is 4.39. The van der Waals surface area contributed by atoms with Crippen LogP contribution in [0.15, 0.2) is 47.1 Å². The molecule has 0 aliphatic carbocycles. The quantitative estimate of drug-likeness (QED) is 0.886. The molecule has 1 saturated heterocycles. The van der Waals surface area contributed by atoms with Crippen LogP contribution in [0.25, 0.3) is 0 Å². The third kappa shape index (κ3) is 3.97. The molecule has 1 atom stereocenters. The molecule has 1 aliphatic rings. The summed E-state index contributed by atoms with van der Waals surface area (Å²) in [6.07, 6.45) is 2.73. The highest BCUT2D eigenvalue weighted by Crippen LogP contribution is 2.23. The van der Waals surface area contributed by atoms with E-state index in [0.717, 1.165) is 43.1 Å². The summed E-state index contributed by atoms with van der Waals surface area (Å²) >= 11 is 0. The normalized spacial score (nSPS) is 17.5. The van der Waals surface area contributed by atoms with Crippen molar-refractivity contribution in [2.45, 2.75) is 13.0 Å².